The number of carboxylic acids is 1. The van der Waals surface area contributed by atoms with Crippen molar-refractivity contribution in [1.82, 2.24) is 9.78 Å². The molecule has 2 rings (SSSR count). The van der Waals surface area contributed by atoms with Crippen molar-refractivity contribution in [2.45, 2.75) is 18.7 Å². The van der Waals surface area contributed by atoms with Crippen LogP contribution in [0.3, 0.4) is 0 Å². The zero-order valence-electron chi connectivity index (χ0n) is 7.97. The largest absolute Gasteiger partial charge is 0.480 e. The molecule has 1 aliphatic rings. The first-order chi connectivity index (χ1) is 7.16. The summed E-state index contributed by atoms with van der Waals surface area (Å²) in [7, 11) is 0. The van der Waals surface area contributed by atoms with E-state index in [0.29, 0.717) is 0 Å². The third-order valence-corrected chi connectivity index (χ3v) is 3.17. The lowest BCUT2D eigenvalue weighted by atomic mass is 10.2. The Kier molecular flexibility index (Phi) is 2.77. The summed E-state index contributed by atoms with van der Waals surface area (Å²) in [5.41, 5.74) is 1.47. The number of hydrogen-bond acceptors (Lipinski definition) is 4. The summed E-state index contributed by atoms with van der Waals surface area (Å²) >= 11 is 1.75. The Morgan fingerprint density at radius 1 is 1.67 bits per heavy atom. The minimum atomic E-state index is -1.05. The van der Waals surface area contributed by atoms with Gasteiger partial charge in [0.25, 0.3) is 5.56 Å². The van der Waals surface area contributed by atoms with Gasteiger partial charge in [-0.3, -0.25) is 9.59 Å². The maximum Gasteiger partial charge on any atom is 0.325 e. The van der Waals surface area contributed by atoms with Gasteiger partial charge in [0.2, 0.25) is 0 Å². The van der Waals surface area contributed by atoms with Gasteiger partial charge >= 0.3 is 5.97 Å². The van der Waals surface area contributed by atoms with Crippen LogP contribution in [0.1, 0.15) is 11.3 Å². The van der Waals surface area contributed by atoms with Crippen molar-refractivity contribution in [2.24, 2.45) is 0 Å². The van der Waals surface area contributed by atoms with Crippen molar-refractivity contribution >= 4 is 17.7 Å². The Hall–Kier alpha value is -1.30. The van der Waals surface area contributed by atoms with E-state index in [2.05, 4.69) is 5.10 Å². The summed E-state index contributed by atoms with van der Waals surface area (Å²) in [6.45, 7) is -0.364. The lowest BCUT2D eigenvalue weighted by Crippen LogP contribution is -2.28. The highest BCUT2D eigenvalue weighted by Crippen LogP contribution is 2.20. The van der Waals surface area contributed by atoms with Crippen molar-refractivity contribution < 1.29 is 9.90 Å². The number of carbonyl (C=O) groups is 1. The van der Waals surface area contributed by atoms with E-state index in [9.17, 15) is 9.59 Å². The molecule has 15 heavy (non-hydrogen) atoms. The molecular weight excluding hydrogens is 216 g/mol. The summed E-state index contributed by atoms with van der Waals surface area (Å²) in [6.07, 6.45) is 0.843. The number of thioether (sulfide) groups is 1. The first kappa shape index (κ1) is 10.2. The normalized spacial score (nSPS) is 14.7. The Balaban J connectivity index is 2.40. The molecule has 0 aliphatic carbocycles. The van der Waals surface area contributed by atoms with Crippen LogP contribution in [0.5, 0.6) is 0 Å². The van der Waals surface area contributed by atoms with Gasteiger partial charge in [-0.1, -0.05) is 0 Å². The van der Waals surface area contributed by atoms with Crippen LogP contribution < -0.4 is 5.56 Å². The number of nitrogens with zero attached hydrogens (tertiary/aromatic N) is 2. The molecule has 2 heterocycles. The van der Waals surface area contributed by atoms with Crippen LogP contribution in [0.2, 0.25) is 0 Å². The van der Waals surface area contributed by atoms with Gasteiger partial charge < -0.3 is 5.11 Å². The molecule has 0 radical (unpaired) electrons. The predicted octanol–water partition coefficient (Wildman–Crippen LogP) is 0.117. The molecule has 0 saturated carbocycles. The van der Waals surface area contributed by atoms with Crippen molar-refractivity contribution in [3.8, 4) is 0 Å². The monoisotopic (exact) mass is 226 g/mol. The zero-order chi connectivity index (χ0) is 10.8. The second-order valence-electron chi connectivity index (χ2n) is 3.31. The van der Waals surface area contributed by atoms with Crippen LogP contribution in [-0.4, -0.2) is 26.6 Å². The lowest BCUT2D eigenvalue weighted by molar-refractivity contribution is -0.138. The number of aromatic nitrogens is 2. The number of hydrogen-bond donors (Lipinski definition) is 1. The zero-order valence-corrected chi connectivity index (χ0v) is 8.79. The SMILES string of the molecule is O=C(O)Cn1nc2c(cc1=O)CCSC2. The van der Waals surface area contributed by atoms with E-state index in [-0.39, 0.29) is 12.1 Å². The van der Waals surface area contributed by atoms with Crippen molar-refractivity contribution in [3.05, 3.63) is 27.7 Å². The Bertz CT molecular complexity index is 455. The molecule has 0 fully saturated rings. The molecule has 80 valence electrons. The summed E-state index contributed by atoms with van der Waals surface area (Å²) in [4.78, 5) is 21.9. The summed E-state index contributed by atoms with van der Waals surface area (Å²) in [5.74, 6) is 0.708. The second-order valence-corrected chi connectivity index (χ2v) is 4.41. The molecule has 1 aliphatic heterocycles. The van der Waals surface area contributed by atoms with Crippen LogP contribution in [-0.2, 0) is 23.5 Å². The summed E-state index contributed by atoms with van der Waals surface area (Å²) < 4.78 is 1.01. The maximum atomic E-state index is 11.5. The van der Waals surface area contributed by atoms with Crippen LogP contribution in [0.25, 0.3) is 0 Å². The van der Waals surface area contributed by atoms with Gasteiger partial charge in [-0.05, 0) is 17.7 Å². The Labute approximate surface area is 90.1 Å². The first-order valence-corrected chi connectivity index (χ1v) is 5.72. The molecule has 6 heteroatoms. The Morgan fingerprint density at radius 2 is 2.47 bits per heavy atom. The van der Waals surface area contributed by atoms with Crippen LogP contribution >= 0.6 is 11.8 Å². The minimum absolute atomic E-state index is 0.331. The molecule has 1 aromatic rings. The highest BCUT2D eigenvalue weighted by Gasteiger charge is 2.14. The van der Waals surface area contributed by atoms with Gasteiger partial charge in [-0.25, -0.2) is 4.68 Å². The lowest BCUT2D eigenvalue weighted by Gasteiger charge is -2.14. The van der Waals surface area contributed by atoms with Gasteiger partial charge in [0.15, 0.2) is 0 Å². The molecule has 0 aromatic carbocycles. The molecule has 0 spiro atoms. The van der Waals surface area contributed by atoms with Gasteiger partial charge in [-0.15, -0.1) is 0 Å². The van der Waals surface area contributed by atoms with Crippen LogP contribution in [0.4, 0.5) is 0 Å². The summed E-state index contributed by atoms with van der Waals surface area (Å²) in [5, 5.41) is 12.6. The standard InChI is InChI=1S/C9H10N2O3S/c12-8-3-6-1-2-15-5-7(6)10-11(8)4-9(13)14/h3H,1-2,4-5H2,(H,13,14). The molecule has 5 nitrogen and oxygen atoms in total. The van der Waals surface area contributed by atoms with Crippen molar-refractivity contribution in [3.63, 3.8) is 0 Å². The molecule has 0 saturated heterocycles. The fourth-order valence-electron chi connectivity index (χ4n) is 1.50. The van der Waals surface area contributed by atoms with E-state index < -0.39 is 5.97 Å². The molecule has 0 amide bonds. The third-order valence-electron chi connectivity index (χ3n) is 2.20. The fraction of sp³-hybridized carbons (Fsp3) is 0.444. The van der Waals surface area contributed by atoms with Gasteiger partial charge in [0.05, 0.1) is 5.69 Å². The highest BCUT2D eigenvalue weighted by atomic mass is 32.2. The van der Waals surface area contributed by atoms with Crippen molar-refractivity contribution in [1.29, 1.82) is 0 Å². The molecular formula is C9H10N2O3S. The predicted molar refractivity (Wildman–Crippen MR) is 56.0 cm³/mol. The van der Waals surface area contributed by atoms with E-state index in [1.807, 2.05) is 0 Å². The van der Waals surface area contributed by atoms with Crippen LogP contribution in [0.15, 0.2) is 10.9 Å². The van der Waals surface area contributed by atoms with E-state index in [1.54, 1.807) is 11.8 Å². The number of carboxylic acid groups (broad SMARTS) is 1. The van der Waals surface area contributed by atoms with Gasteiger partial charge in [0, 0.05) is 11.8 Å². The molecule has 0 atom stereocenters. The second kappa shape index (κ2) is 4.06. The van der Waals surface area contributed by atoms with E-state index in [1.165, 1.54) is 6.07 Å². The maximum absolute atomic E-state index is 11.5. The topological polar surface area (TPSA) is 72.2 Å². The molecule has 1 N–H and O–H groups in total. The average Bonchev–Trinajstić information content (AvgIpc) is 2.18. The third kappa shape index (κ3) is 2.20. The molecule has 0 unspecified atom stereocenters. The smallest absolute Gasteiger partial charge is 0.325 e. The number of aliphatic carboxylic acids is 1. The highest BCUT2D eigenvalue weighted by molar-refractivity contribution is 7.98. The van der Waals surface area contributed by atoms with E-state index in [4.69, 9.17) is 5.11 Å². The number of fused-ring (bicyclic) bond motifs is 1. The first-order valence-electron chi connectivity index (χ1n) is 4.56. The minimum Gasteiger partial charge on any atom is -0.480 e. The molecule has 1 aromatic heterocycles. The average molecular weight is 226 g/mol. The fourth-order valence-corrected chi connectivity index (χ4v) is 2.44. The van der Waals surface area contributed by atoms with Gasteiger partial charge in [-0.2, -0.15) is 16.9 Å². The quantitative estimate of drug-likeness (QED) is 0.775. The van der Waals surface area contributed by atoms with Crippen molar-refractivity contribution in [2.75, 3.05) is 5.75 Å². The number of aryl methyl sites for hydroxylation is 1. The van der Waals surface area contributed by atoms with Crippen LogP contribution in [0, 0.1) is 0 Å². The number of rotatable bonds is 2. The molecule has 0 bridgehead atoms. The Morgan fingerprint density at radius 3 is 3.20 bits per heavy atom. The summed E-state index contributed by atoms with van der Waals surface area (Å²) in [6, 6.07) is 1.50. The van der Waals surface area contributed by atoms with Gasteiger partial charge in [0.1, 0.15) is 6.54 Å². The van der Waals surface area contributed by atoms with E-state index >= 15 is 0 Å². The van der Waals surface area contributed by atoms with E-state index in [0.717, 1.165) is 33.9 Å².